The second-order valence-electron chi connectivity index (χ2n) is 4.24. The molecule has 6 heteroatoms. The molecular formula is C14H18N4O2. The lowest BCUT2D eigenvalue weighted by atomic mass is 10.2. The van der Waals surface area contributed by atoms with Crippen molar-refractivity contribution in [2.45, 2.75) is 20.0 Å². The van der Waals surface area contributed by atoms with Gasteiger partial charge in [-0.05, 0) is 12.5 Å². The van der Waals surface area contributed by atoms with Gasteiger partial charge in [0.25, 0.3) is 0 Å². The summed E-state index contributed by atoms with van der Waals surface area (Å²) in [5.74, 6) is 1.66. The van der Waals surface area contributed by atoms with E-state index in [1.165, 1.54) is 0 Å². The molecule has 0 unspecified atom stereocenters. The molecule has 4 N–H and O–H groups in total. The number of para-hydroxylation sites is 1. The molecule has 1 aromatic carbocycles. The molecule has 20 heavy (non-hydrogen) atoms. The van der Waals surface area contributed by atoms with E-state index >= 15 is 0 Å². The molecular weight excluding hydrogens is 256 g/mol. The predicted octanol–water partition coefficient (Wildman–Crippen LogP) is 2.17. The zero-order chi connectivity index (χ0) is 14.4. The maximum atomic E-state index is 9.27. The third-order valence-electron chi connectivity index (χ3n) is 2.63. The molecule has 0 aliphatic carbocycles. The monoisotopic (exact) mass is 274 g/mol. The molecule has 106 valence electrons. The highest BCUT2D eigenvalue weighted by Crippen LogP contribution is 2.25. The number of aromatic nitrogens is 2. The average Bonchev–Trinajstić information content (AvgIpc) is 2.45. The number of anilines is 2. The molecule has 0 amide bonds. The lowest BCUT2D eigenvalue weighted by Gasteiger charge is -2.10. The van der Waals surface area contributed by atoms with Crippen LogP contribution >= 0.6 is 0 Å². The van der Waals surface area contributed by atoms with E-state index in [-0.39, 0.29) is 12.6 Å². The van der Waals surface area contributed by atoms with Gasteiger partial charge in [0, 0.05) is 18.2 Å². The highest BCUT2D eigenvalue weighted by atomic mass is 16.5. The zero-order valence-electron chi connectivity index (χ0n) is 11.3. The number of aliphatic hydroxyl groups is 1. The molecule has 0 atom stereocenters. The Bertz CT molecular complexity index is 575. The van der Waals surface area contributed by atoms with Gasteiger partial charge in [-0.25, -0.2) is 0 Å². The van der Waals surface area contributed by atoms with Gasteiger partial charge in [-0.1, -0.05) is 25.1 Å². The quantitative estimate of drug-likeness (QED) is 0.747. The number of aliphatic hydroxyl groups excluding tert-OH is 1. The summed E-state index contributed by atoms with van der Waals surface area (Å²) in [4.78, 5) is 8.12. The molecule has 2 aromatic rings. The average molecular weight is 274 g/mol. The van der Waals surface area contributed by atoms with Crippen LogP contribution in [0.2, 0.25) is 0 Å². The molecule has 1 heterocycles. The molecule has 6 nitrogen and oxygen atoms in total. The van der Waals surface area contributed by atoms with Gasteiger partial charge in [0.1, 0.15) is 11.6 Å². The molecule has 0 radical (unpaired) electrons. The first-order valence-electron chi connectivity index (χ1n) is 6.48. The first-order chi connectivity index (χ1) is 9.72. The van der Waals surface area contributed by atoms with Crippen LogP contribution < -0.4 is 15.8 Å². The van der Waals surface area contributed by atoms with Crippen LogP contribution in [0.1, 0.15) is 18.9 Å². The Morgan fingerprint density at radius 2 is 2.10 bits per heavy atom. The maximum Gasteiger partial charge on any atom is 0.226 e. The number of hydrogen-bond acceptors (Lipinski definition) is 6. The lowest BCUT2D eigenvalue weighted by molar-refractivity contribution is 0.276. The summed E-state index contributed by atoms with van der Waals surface area (Å²) in [6.07, 6.45) is 0.980. The third kappa shape index (κ3) is 3.58. The van der Waals surface area contributed by atoms with Crippen molar-refractivity contribution in [2.24, 2.45) is 0 Å². The van der Waals surface area contributed by atoms with Crippen LogP contribution in [0.4, 0.5) is 11.8 Å². The Kier molecular flexibility index (Phi) is 4.73. The van der Waals surface area contributed by atoms with Crippen LogP contribution in [0.3, 0.4) is 0 Å². The lowest BCUT2D eigenvalue weighted by Crippen LogP contribution is -2.06. The molecule has 1 aromatic heterocycles. The van der Waals surface area contributed by atoms with E-state index in [1.807, 2.05) is 12.1 Å². The van der Waals surface area contributed by atoms with Crippen molar-refractivity contribution in [3.8, 4) is 11.6 Å². The number of ether oxygens (including phenoxy) is 1. The minimum Gasteiger partial charge on any atom is -0.438 e. The number of nitrogens with one attached hydrogen (secondary N) is 1. The molecule has 0 saturated carbocycles. The summed E-state index contributed by atoms with van der Waals surface area (Å²) in [6, 6.07) is 8.90. The van der Waals surface area contributed by atoms with Crippen LogP contribution in [0.15, 0.2) is 30.3 Å². The number of benzene rings is 1. The second-order valence-corrected chi connectivity index (χ2v) is 4.24. The van der Waals surface area contributed by atoms with Crippen LogP contribution in [0.25, 0.3) is 0 Å². The minimum absolute atomic E-state index is 0.0995. The molecule has 0 aliphatic heterocycles. The normalized spacial score (nSPS) is 10.3. The molecule has 0 saturated heterocycles. The first-order valence-corrected chi connectivity index (χ1v) is 6.48. The SMILES string of the molecule is CCCNc1cc(Oc2ccccc2CO)nc(N)n1. The predicted molar refractivity (Wildman–Crippen MR) is 77.7 cm³/mol. The Labute approximate surface area is 117 Å². The zero-order valence-corrected chi connectivity index (χ0v) is 11.3. The van der Waals surface area contributed by atoms with E-state index in [0.717, 1.165) is 13.0 Å². The minimum atomic E-state index is -0.0995. The Morgan fingerprint density at radius 3 is 2.85 bits per heavy atom. The van der Waals surface area contributed by atoms with E-state index in [4.69, 9.17) is 10.5 Å². The fourth-order valence-corrected chi connectivity index (χ4v) is 1.69. The third-order valence-corrected chi connectivity index (χ3v) is 2.63. The number of nitrogen functional groups attached to an aromatic ring is 1. The summed E-state index contributed by atoms with van der Waals surface area (Å²) in [5.41, 5.74) is 6.35. The Morgan fingerprint density at radius 1 is 1.30 bits per heavy atom. The summed E-state index contributed by atoms with van der Waals surface area (Å²) in [5, 5.41) is 12.4. The molecule has 0 bridgehead atoms. The molecule has 2 rings (SSSR count). The Hall–Kier alpha value is -2.34. The van der Waals surface area contributed by atoms with Gasteiger partial charge in [0.2, 0.25) is 11.8 Å². The van der Waals surface area contributed by atoms with Gasteiger partial charge in [0.15, 0.2) is 0 Å². The van der Waals surface area contributed by atoms with E-state index in [1.54, 1.807) is 18.2 Å². The van der Waals surface area contributed by atoms with Crippen LogP contribution in [0.5, 0.6) is 11.6 Å². The highest BCUT2D eigenvalue weighted by molar-refractivity contribution is 5.44. The van der Waals surface area contributed by atoms with Crippen molar-refractivity contribution in [2.75, 3.05) is 17.6 Å². The Balaban J connectivity index is 2.22. The number of hydrogen-bond donors (Lipinski definition) is 3. The topological polar surface area (TPSA) is 93.3 Å². The van der Waals surface area contributed by atoms with Gasteiger partial charge < -0.3 is 20.9 Å². The molecule has 0 spiro atoms. The van der Waals surface area contributed by atoms with Crippen molar-refractivity contribution >= 4 is 11.8 Å². The van der Waals surface area contributed by atoms with E-state index < -0.39 is 0 Å². The first kappa shape index (κ1) is 14.1. The summed E-state index contributed by atoms with van der Waals surface area (Å²) in [6.45, 7) is 2.76. The van der Waals surface area contributed by atoms with E-state index in [2.05, 4.69) is 22.2 Å². The molecule has 0 aliphatic rings. The van der Waals surface area contributed by atoms with Gasteiger partial charge in [-0.2, -0.15) is 9.97 Å². The van der Waals surface area contributed by atoms with Gasteiger partial charge in [0.05, 0.1) is 6.61 Å². The number of nitrogens with two attached hydrogens (primary N) is 1. The van der Waals surface area contributed by atoms with Crippen LogP contribution in [-0.4, -0.2) is 21.6 Å². The number of nitrogens with zero attached hydrogens (tertiary/aromatic N) is 2. The van der Waals surface area contributed by atoms with Crippen LogP contribution in [-0.2, 0) is 6.61 Å². The highest BCUT2D eigenvalue weighted by Gasteiger charge is 2.07. The summed E-state index contributed by atoms with van der Waals surface area (Å²) < 4.78 is 5.67. The van der Waals surface area contributed by atoms with Crippen molar-refractivity contribution in [3.63, 3.8) is 0 Å². The largest absolute Gasteiger partial charge is 0.438 e. The van der Waals surface area contributed by atoms with Gasteiger partial charge >= 0.3 is 0 Å². The smallest absolute Gasteiger partial charge is 0.226 e. The number of rotatable bonds is 6. The van der Waals surface area contributed by atoms with E-state index in [9.17, 15) is 5.11 Å². The van der Waals surface area contributed by atoms with Crippen molar-refractivity contribution in [1.29, 1.82) is 0 Å². The standard InChI is InChI=1S/C14H18N4O2/c1-2-7-16-12-8-13(18-14(15)17-12)20-11-6-4-3-5-10(11)9-19/h3-6,8,19H,2,7,9H2,1H3,(H3,15,16,17,18). The maximum absolute atomic E-state index is 9.27. The van der Waals surface area contributed by atoms with Crippen molar-refractivity contribution < 1.29 is 9.84 Å². The second kappa shape index (κ2) is 6.72. The van der Waals surface area contributed by atoms with Crippen molar-refractivity contribution in [3.05, 3.63) is 35.9 Å². The van der Waals surface area contributed by atoms with Crippen LogP contribution in [0, 0.1) is 0 Å². The summed E-state index contributed by atoms with van der Waals surface area (Å²) in [7, 11) is 0. The fraction of sp³-hybridized carbons (Fsp3) is 0.286. The summed E-state index contributed by atoms with van der Waals surface area (Å²) >= 11 is 0. The fourth-order valence-electron chi connectivity index (χ4n) is 1.69. The van der Waals surface area contributed by atoms with E-state index in [0.29, 0.717) is 23.0 Å². The van der Waals surface area contributed by atoms with Gasteiger partial charge in [-0.15, -0.1) is 0 Å². The van der Waals surface area contributed by atoms with Gasteiger partial charge in [-0.3, -0.25) is 0 Å². The van der Waals surface area contributed by atoms with Crippen molar-refractivity contribution in [1.82, 2.24) is 9.97 Å². The molecule has 0 fully saturated rings.